The highest BCUT2D eigenvalue weighted by Crippen LogP contribution is 2.30. The molecule has 184 valence electrons. The maximum atomic E-state index is 13.1. The highest BCUT2D eigenvalue weighted by molar-refractivity contribution is 7.20. The first-order chi connectivity index (χ1) is 18.2. The zero-order chi connectivity index (χ0) is 25.2. The lowest BCUT2D eigenvalue weighted by Gasteiger charge is -2.24. The number of likely N-dealkylation sites (tertiary alicyclic amines) is 1. The Morgan fingerprint density at radius 3 is 2.95 bits per heavy atom. The standard InChI is InChI=1S/C27H24N8OS/c28-12-17-3-5-18(6-4-17)15-35-9-1-2-21(35)14-29-26(36)24-11-22-25(30-16-31-27(22)37-24)33-20-8-7-19-13-32-34-23(19)10-20/h3-8,10-11,13,16,21H,1-2,9,14-15H2,(H,29,36)(H,32,34)(H,30,31,33)/t21-/m1/s1. The number of thiophene rings is 1. The zero-order valence-electron chi connectivity index (χ0n) is 19.9. The molecule has 2 aromatic carbocycles. The van der Waals surface area contributed by atoms with Gasteiger partial charge in [0.25, 0.3) is 5.91 Å². The van der Waals surface area contributed by atoms with Crippen LogP contribution in [0, 0.1) is 11.3 Å². The van der Waals surface area contributed by atoms with Crippen LogP contribution in [0.15, 0.2) is 61.1 Å². The monoisotopic (exact) mass is 508 g/mol. The van der Waals surface area contributed by atoms with Gasteiger partial charge in [-0.2, -0.15) is 10.4 Å². The molecule has 10 heteroatoms. The number of nitriles is 1. The predicted molar refractivity (Wildman–Crippen MR) is 144 cm³/mol. The average molecular weight is 509 g/mol. The van der Waals surface area contributed by atoms with Crippen LogP contribution < -0.4 is 10.6 Å². The Kier molecular flexibility index (Phi) is 6.22. The summed E-state index contributed by atoms with van der Waals surface area (Å²) in [6, 6.07) is 17.9. The number of nitrogens with zero attached hydrogens (tertiary/aromatic N) is 5. The number of nitrogens with one attached hydrogen (secondary N) is 3. The number of H-pyrrole nitrogens is 1. The van der Waals surface area contributed by atoms with Gasteiger partial charge in [0.05, 0.1) is 33.6 Å². The SMILES string of the molecule is N#Cc1ccc(CN2CCC[C@@H]2CNC(=O)c2cc3c(Nc4ccc5cn[nH]c5c4)ncnc3s2)cc1. The van der Waals surface area contributed by atoms with Crippen molar-refractivity contribution < 1.29 is 4.79 Å². The third-order valence-electron chi connectivity index (χ3n) is 6.72. The van der Waals surface area contributed by atoms with Crippen molar-refractivity contribution >= 4 is 49.9 Å². The molecule has 1 aliphatic rings. The van der Waals surface area contributed by atoms with E-state index >= 15 is 0 Å². The van der Waals surface area contributed by atoms with Crippen LogP contribution in [0.2, 0.25) is 0 Å². The van der Waals surface area contributed by atoms with Crippen molar-refractivity contribution in [2.24, 2.45) is 0 Å². The lowest BCUT2D eigenvalue weighted by Crippen LogP contribution is -2.39. The first kappa shape index (κ1) is 23.1. The molecule has 3 aromatic heterocycles. The van der Waals surface area contributed by atoms with Crippen LogP contribution in [0.4, 0.5) is 11.5 Å². The number of anilines is 2. The number of benzene rings is 2. The second-order valence-corrected chi connectivity index (χ2v) is 10.2. The van der Waals surface area contributed by atoms with E-state index < -0.39 is 0 Å². The summed E-state index contributed by atoms with van der Waals surface area (Å²) >= 11 is 1.36. The van der Waals surface area contributed by atoms with Gasteiger partial charge < -0.3 is 10.6 Å². The lowest BCUT2D eigenvalue weighted by molar-refractivity contribution is 0.0944. The number of rotatable bonds is 7. The molecule has 1 atom stereocenters. The maximum absolute atomic E-state index is 13.1. The van der Waals surface area contributed by atoms with Gasteiger partial charge in [0.15, 0.2) is 0 Å². The number of aromatic nitrogens is 4. The molecular weight excluding hydrogens is 484 g/mol. The number of carbonyl (C=O) groups excluding carboxylic acids is 1. The summed E-state index contributed by atoms with van der Waals surface area (Å²) in [7, 11) is 0. The summed E-state index contributed by atoms with van der Waals surface area (Å²) in [4.78, 5) is 25.6. The fraction of sp³-hybridized carbons (Fsp3) is 0.222. The summed E-state index contributed by atoms with van der Waals surface area (Å²) in [5.41, 5.74) is 3.64. The Balaban J connectivity index is 1.12. The van der Waals surface area contributed by atoms with Crippen LogP contribution >= 0.6 is 11.3 Å². The third-order valence-corrected chi connectivity index (χ3v) is 7.77. The van der Waals surface area contributed by atoms with E-state index in [0.717, 1.165) is 52.7 Å². The molecule has 37 heavy (non-hydrogen) atoms. The first-order valence-corrected chi connectivity index (χ1v) is 12.9. The molecule has 9 nitrogen and oxygen atoms in total. The molecule has 0 radical (unpaired) electrons. The van der Waals surface area contributed by atoms with Crippen molar-refractivity contribution in [2.75, 3.05) is 18.4 Å². The fourth-order valence-corrected chi connectivity index (χ4v) is 5.69. The number of amides is 1. The van der Waals surface area contributed by atoms with Crippen LogP contribution in [0.3, 0.4) is 0 Å². The smallest absolute Gasteiger partial charge is 0.261 e. The van der Waals surface area contributed by atoms with Crippen LogP contribution in [-0.4, -0.2) is 50.1 Å². The highest BCUT2D eigenvalue weighted by atomic mass is 32.1. The molecule has 0 spiro atoms. The van der Waals surface area contributed by atoms with Crippen LogP contribution in [-0.2, 0) is 6.54 Å². The van der Waals surface area contributed by atoms with E-state index in [-0.39, 0.29) is 11.9 Å². The number of fused-ring (bicyclic) bond motifs is 2. The average Bonchev–Trinajstić information content (AvgIpc) is 3.67. The minimum Gasteiger partial charge on any atom is -0.350 e. The summed E-state index contributed by atoms with van der Waals surface area (Å²) < 4.78 is 0. The molecule has 4 heterocycles. The van der Waals surface area contributed by atoms with Gasteiger partial charge in [-0.15, -0.1) is 11.3 Å². The Labute approximate surface area is 217 Å². The molecule has 1 saturated heterocycles. The van der Waals surface area contributed by atoms with Gasteiger partial charge in [0.1, 0.15) is 17.0 Å². The van der Waals surface area contributed by atoms with E-state index in [9.17, 15) is 4.79 Å². The van der Waals surface area contributed by atoms with Gasteiger partial charge in [0, 0.05) is 30.2 Å². The van der Waals surface area contributed by atoms with E-state index in [0.29, 0.717) is 22.8 Å². The quantitative estimate of drug-likeness (QED) is 0.294. The minimum atomic E-state index is -0.0990. The predicted octanol–water partition coefficient (Wildman–Crippen LogP) is 4.58. The molecule has 5 aromatic rings. The molecule has 0 bridgehead atoms. The summed E-state index contributed by atoms with van der Waals surface area (Å²) in [6.07, 6.45) is 5.44. The first-order valence-electron chi connectivity index (χ1n) is 12.1. The van der Waals surface area contributed by atoms with Crippen molar-refractivity contribution in [3.8, 4) is 6.07 Å². The van der Waals surface area contributed by atoms with Crippen molar-refractivity contribution in [1.29, 1.82) is 5.26 Å². The molecule has 0 unspecified atom stereocenters. The van der Waals surface area contributed by atoms with Gasteiger partial charge >= 0.3 is 0 Å². The topological polar surface area (TPSA) is 123 Å². The second kappa shape index (κ2) is 9.97. The third kappa shape index (κ3) is 4.87. The maximum Gasteiger partial charge on any atom is 0.261 e. The lowest BCUT2D eigenvalue weighted by atomic mass is 10.1. The molecule has 3 N–H and O–H groups in total. The van der Waals surface area contributed by atoms with E-state index in [1.807, 2.05) is 48.5 Å². The zero-order valence-corrected chi connectivity index (χ0v) is 20.8. The highest BCUT2D eigenvalue weighted by Gasteiger charge is 2.25. The summed E-state index contributed by atoms with van der Waals surface area (Å²) in [6.45, 7) is 2.40. The van der Waals surface area contributed by atoms with Crippen LogP contribution in [0.1, 0.15) is 33.6 Å². The Bertz CT molecular complexity index is 1620. The van der Waals surface area contributed by atoms with E-state index in [4.69, 9.17) is 5.26 Å². The number of aromatic amines is 1. The van der Waals surface area contributed by atoms with Gasteiger partial charge in [-0.1, -0.05) is 12.1 Å². The Morgan fingerprint density at radius 1 is 1.19 bits per heavy atom. The Hall–Kier alpha value is -4.33. The van der Waals surface area contributed by atoms with Gasteiger partial charge in [0.2, 0.25) is 0 Å². The fourth-order valence-electron chi connectivity index (χ4n) is 4.77. The van der Waals surface area contributed by atoms with Gasteiger partial charge in [-0.05, 0) is 61.3 Å². The molecule has 0 saturated carbocycles. The van der Waals surface area contributed by atoms with Crippen molar-refractivity contribution in [3.63, 3.8) is 0 Å². The number of hydrogen-bond acceptors (Lipinski definition) is 8. The van der Waals surface area contributed by atoms with Crippen LogP contribution in [0.25, 0.3) is 21.1 Å². The van der Waals surface area contributed by atoms with Gasteiger partial charge in [-0.3, -0.25) is 14.8 Å². The number of carbonyl (C=O) groups is 1. The molecule has 1 amide bonds. The molecular formula is C27H24N8OS. The molecule has 0 aliphatic carbocycles. The van der Waals surface area contributed by atoms with E-state index in [2.05, 4.69) is 41.8 Å². The minimum absolute atomic E-state index is 0.0990. The normalized spacial score (nSPS) is 15.7. The van der Waals surface area contributed by atoms with E-state index in [1.165, 1.54) is 23.2 Å². The van der Waals surface area contributed by atoms with Crippen LogP contribution in [0.5, 0.6) is 0 Å². The van der Waals surface area contributed by atoms with Crippen molar-refractivity contribution in [3.05, 3.63) is 77.1 Å². The largest absolute Gasteiger partial charge is 0.350 e. The van der Waals surface area contributed by atoms with Crippen molar-refractivity contribution in [2.45, 2.75) is 25.4 Å². The summed E-state index contributed by atoms with van der Waals surface area (Å²) in [5.74, 6) is 0.557. The second-order valence-electron chi connectivity index (χ2n) is 9.13. The van der Waals surface area contributed by atoms with E-state index in [1.54, 1.807) is 6.20 Å². The molecule has 1 fully saturated rings. The molecule has 1 aliphatic heterocycles. The summed E-state index contributed by atoms with van der Waals surface area (Å²) in [5, 5.41) is 24.4. The van der Waals surface area contributed by atoms with Crippen molar-refractivity contribution in [1.82, 2.24) is 30.4 Å². The number of hydrogen-bond donors (Lipinski definition) is 3. The Morgan fingerprint density at radius 2 is 2.08 bits per heavy atom. The van der Waals surface area contributed by atoms with Gasteiger partial charge in [-0.25, -0.2) is 9.97 Å². The molecule has 6 rings (SSSR count).